The van der Waals surface area contributed by atoms with Crippen LogP contribution in [-0.2, 0) is 4.79 Å². The van der Waals surface area contributed by atoms with E-state index in [2.05, 4.69) is 21.2 Å². The molecule has 1 fully saturated rings. The number of hydrogen-bond acceptors (Lipinski definition) is 3. The fraction of sp³-hybridized carbons (Fsp3) is 0.259. The van der Waals surface area contributed by atoms with Crippen LogP contribution in [0, 0.1) is 0 Å². The number of nitrogens with one attached hydrogen (secondary N) is 1. The summed E-state index contributed by atoms with van der Waals surface area (Å²) in [5, 5.41) is 13.9. The molecule has 4 rings (SSSR count). The van der Waals surface area contributed by atoms with Gasteiger partial charge in [0.25, 0.3) is 5.91 Å². The third-order valence-corrected chi connectivity index (χ3v) is 6.76. The molecule has 0 bridgehead atoms. The van der Waals surface area contributed by atoms with Gasteiger partial charge >= 0.3 is 0 Å². The van der Waals surface area contributed by atoms with Gasteiger partial charge in [0.1, 0.15) is 11.8 Å². The van der Waals surface area contributed by atoms with Crippen LogP contribution < -0.4 is 10.2 Å². The first-order chi connectivity index (χ1) is 16.1. The Morgan fingerprint density at radius 2 is 1.52 bits per heavy atom. The number of aromatic hydroxyl groups is 1. The lowest BCUT2D eigenvalue weighted by atomic mass is 9.94. The first-order valence-corrected chi connectivity index (χ1v) is 12.1. The van der Waals surface area contributed by atoms with E-state index < -0.39 is 6.04 Å². The molecule has 170 valence electrons. The molecule has 5 nitrogen and oxygen atoms in total. The van der Waals surface area contributed by atoms with Crippen molar-refractivity contribution in [2.75, 3.05) is 4.90 Å². The molecule has 0 aliphatic heterocycles. The largest absolute Gasteiger partial charge is 0.506 e. The molecule has 33 heavy (non-hydrogen) atoms. The van der Waals surface area contributed by atoms with Crippen molar-refractivity contribution >= 4 is 33.4 Å². The third kappa shape index (κ3) is 5.28. The number of anilines is 1. The van der Waals surface area contributed by atoms with Gasteiger partial charge in [0.05, 0.1) is 5.69 Å². The Morgan fingerprint density at radius 1 is 0.879 bits per heavy atom. The fourth-order valence-electron chi connectivity index (χ4n) is 4.37. The van der Waals surface area contributed by atoms with Gasteiger partial charge in [-0.3, -0.25) is 14.5 Å². The summed E-state index contributed by atoms with van der Waals surface area (Å²) in [6.07, 6.45) is 5.19. The molecule has 0 aromatic heterocycles. The molecule has 2 amide bonds. The number of phenolic OH excluding ortho intramolecular Hbond substituents is 1. The lowest BCUT2D eigenvalue weighted by Crippen LogP contribution is -2.47. The van der Waals surface area contributed by atoms with Crippen LogP contribution >= 0.6 is 15.9 Å². The number of hydrogen-bond donors (Lipinski definition) is 2. The quantitative estimate of drug-likeness (QED) is 0.431. The summed E-state index contributed by atoms with van der Waals surface area (Å²) in [5.41, 5.74) is 1.37. The summed E-state index contributed by atoms with van der Waals surface area (Å²) in [6, 6.07) is 22.0. The highest BCUT2D eigenvalue weighted by molar-refractivity contribution is 9.10. The second-order valence-corrected chi connectivity index (χ2v) is 9.15. The normalized spacial score (nSPS) is 14.9. The zero-order valence-corrected chi connectivity index (χ0v) is 19.9. The van der Waals surface area contributed by atoms with Crippen molar-refractivity contribution in [1.29, 1.82) is 0 Å². The van der Waals surface area contributed by atoms with Crippen LogP contribution in [0.1, 0.15) is 54.1 Å². The minimum atomic E-state index is -0.969. The highest BCUT2D eigenvalue weighted by Gasteiger charge is 2.36. The maximum absolute atomic E-state index is 13.8. The van der Waals surface area contributed by atoms with Crippen molar-refractivity contribution in [1.82, 2.24) is 5.32 Å². The average molecular weight is 507 g/mol. The number of amides is 2. The molecular formula is C27H27BrN2O3. The summed E-state index contributed by atoms with van der Waals surface area (Å²) < 4.78 is 0.718. The van der Waals surface area contributed by atoms with Gasteiger partial charge in [-0.05, 0) is 48.7 Å². The Morgan fingerprint density at radius 3 is 2.21 bits per heavy atom. The number of benzene rings is 3. The van der Waals surface area contributed by atoms with Gasteiger partial charge in [-0.15, -0.1) is 0 Å². The molecule has 0 saturated heterocycles. The number of carbonyl (C=O) groups excluding carboxylic acids is 2. The highest BCUT2D eigenvalue weighted by Crippen LogP contribution is 2.38. The molecule has 1 atom stereocenters. The van der Waals surface area contributed by atoms with Gasteiger partial charge < -0.3 is 10.4 Å². The number of para-hydroxylation sites is 2. The second kappa shape index (κ2) is 10.7. The number of phenols is 1. The van der Waals surface area contributed by atoms with Gasteiger partial charge in [-0.2, -0.15) is 0 Å². The van der Waals surface area contributed by atoms with Crippen LogP contribution in [-0.4, -0.2) is 23.0 Å². The monoisotopic (exact) mass is 506 g/mol. The van der Waals surface area contributed by atoms with Crippen LogP contribution in [0.4, 0.5) is 5.69 Å². The number of halogens is 1. The van der Waals surface area contributed by atoms with Crippen molar-refractivity contribution in [2.45, 2.75) is 44.2 Å². The Bertz CT molecular complexity index is 1110. The van der Waals surface area contributed by atoms with Crippen LogP contribution in [0.2, 0.25) is 0 Å². The topological polar surface area (TPSA) is 69.6 Å². The summed E-state index contributed by atoms with van der Waals surface area (Å²) >= 11 is 3.57. The van der Waals surface area contributed by atoms with E-state index in [1.165, 1.54) is 17.4 Å². The Kier molecular flexibility index (Phi) is 7.45. The predicted octanol–water partition coefficient (Wildman–Crippen LogP) is 5.99. The minimum absolute atomic E-state index is 0.0655. The Hall–Kier alpha value is -3.12. The van der Waals surface area contributed by atoms with Gasteiger partial charge in [-0.25, -0.2) is 0 Å². The van der Waals surface area contributed by atoms with E-state index in [4.69, 9.17) is 0 Å². The predicted molar refractivity (Wildman–Crippen MR) is 133 cm³/mol. The average Bonchev–Trinajstić information content (AvgIpc) is 2.84. The molecule has 0 radical (unpaired) electrons. The lowest BCUT2D eigenvalue weighted by molar-refractivity contribution is -0.123. The summed E-state index contributed by atoms with van der Waals surface area (Å²) in [7, 11) is 0. The van der Waals surface area contributed by atoms with Crippen LogP contribution in [0.15, 0.2) is 83.3 Å². The standard InChI is InChI=1S/C27H27BrN2O3/c28-22-16-8-7-15-21(22)25(26(32)29-20-13-5-2-6-14-20)30(23-17-9-10-18-24(23)31)27(33)19-11-3-1-4-12-19/h1,3-4,7-12,15-18,20,25,31H,2,5-6,13-14H2,(H,29,32). The van der Waals surface area contributed by atoms with Crippen molar-refractivity contribution in [3.8, 4) is 5.75 Å². The van der Waals surface area contributed by atoms with Gasteiger partial charge in [0.15, 0.2) is 0 Å². The number of nitrogens with zero attached hydrogens (tertiary/aromatic N) is 1. The molecule has 1 aliphatic rings. The van der Waals surface area contributed by atoms with E-state index in [1.807, 2.05) is 30.3 Å². The molecule has 0 heterocycles. The molecular weight excluding hydrogens is 480 g/mol. The van der Waals surface area contributed by atoms with Crippen LogP contribution in [0.25, 0.3) is 0 Å². The van der Waals surface area contributed by atoms with Crippen LogP contribution in [0.5, 0.6) is 5.75 Å². The molecule has 1 saturated carbocycles. The smallest absolute Gasteiger partial charge is 0.259 e. The van der Waals surface area contributed by atoms with E-state index in [0.717, 1.165) is 30.2 Å². The van der Waals surface area contributed by atoms with E-state index in [9.17, 15) is 14.7 Å². The van der Waals surface area contributed by atoms with Gasteiger partial charge in [0, 0.05) is 16.1 Å². The molecule has 3 aromatic carbocycles. The number of rotatable bonds is 6. The minimum Gasteiger partial charge on any atom is -0.506 e. The van der Waals surface area contributed by atoms with E-state index in [-0.39, 0.29) is 29.3 Å². The lowest BCUT2D eigenvalue weighted by Gasteiger charge is -2.34. The molecule has 3 aromatic rings. The maximum atomic E-state index is 13.8. The fourth-order valence-corrected chi connectivity index (χ4v) is 4.88. The maximum Gasteiger partial charge on any atom is 0.259 e. The van der Waals surface area contributed by atoms with Crippen molar-refractivity contribution in [3.63, 3.8) is 0 Å². The summed E-state index contributed by atoms with van der Waals surface area (Å²) in [6.45, 7) is 0. The summed E-state index contributed by atoms with van der Waals surface area (Å²) in [5.74, 6) is -0.692. The third-order valence-electron chi connectivity index (χ3n) is 6.04. The zero-order valence-electron chi connectivity index (χ0n) is 18.3. The SMILES string of the molecule is O=C(NC1CCCCC1)C(c1ccccc1Br)N(C(=O)c1ccccc1)c1ccccc1O. The van der Waals surface area contributed by atoms with Crippen molar-refractivity contribution < 1.29 is 14.7 Å². The molecule has 1 aliphatic carbocycles. The van der Waals surface area contributed by atoms with Crippen LogP contribution in [0.3, 0.4) is 0 Å². The number of carbonyl (C=O) groups is 2. The summed E-state index contributed by atoms with van der Waals surface area (Å²) in [4.78, 5) is 29.1. The first kappa shape index (κ1) is 23.1. The van der Waals surface area contributed by atoms with E-state index >= 15 is 0 Å². The molecule has 1 unspecified atom stereocenters. The van der Waals surface area contributed by atoms with E-state index in [1.54, 1.807) is 42.5 Å². The van der Waals surface area contributed by atoms with Gasteiger partial charge in [-0.1, -0.05) is 83.7 Å². The van der Waals surface area contributed by atoms with Crippen molar-refractivity contribution in [2.24, 2.45) is 0 Å². The zero-order chi connectivity index (χ0) is 23.2. The molecule has 2 N–H and O–H groups in total. The highest BCUT2D eigenvalue weighted by atomic mass is 79.9. The first-order valence-electron chi connectivity index (χ1n) is 11.3. The molecule has 0 spiro atoms. The Labute approximate surface area is 202 Å². The van der Waals surface area contributed by atoms with Gasteiger partial charge in [0.2, 0.25) is 5.91 Å². The van der Waals surface area contributed by atoms with E-state index in [0.29, 0.717) is 11.1 Å². The van der Waals surface area contributed by atoms with Crippen molar-refractivity contribution in [3.05, 3.63) is 94.5 Å². The Balaban J connectivity index is 1.83. The second-order valence-electron chi connectivity index (χ2n) is 8.30. The molecule has 6 heteroatoms.